The van der Waals surface area contributed by atoms with Crippen molar-refractivity contribution < 1.29 is 0 Å². The number of anilines is 3. The van der Waals surface area contributed by atoms with Gasteiger partial charge in [0.15, 0.2) is 0 Å². The lowest BCUT2D eigenvalue weighted by molar-refractivity contribution is 1.31. The van der Waals surface area contributed by atoms with Gasteiger partial charge < -0.3 is 11.1 Å². The maximum absolute atomic E-state index is 6.04. The number of benzene rings is 1. The zero-order chi connectivity index (χ0) is 11.5. The molecule has 0 aliphatic heterocycles. The van der Waals surface area contributed by atoms with Crippen LogP contribution in [-0.4, -0.2) is 4.98 Å². The Morgan fingerprint density at radius 2 is 2.06 bits per heavy atom. The second kappa shape index (κ2) is 4.72. The van der Waals surface area contributed by atoms with E-state index < -0.39 is 0 Å². The Hall–Kier alpha value is -1.26. The fraction of sp³-hybridized carbons (Fsp3) is 0. The number of nitrogen functional groups attached to an aromatic ring is 1. The summed E-state index contributed by atoms with van der Waals surface area (Å²) in [6.07, 6.45) is 1.59. The Labute approximate surface area is 107 Å². The Kier molecular flexibility index (Phi) is 3.31. The van der Waals surface area contributed by atoms with Crippen LogP contribution in [0.5, 0.6) is 0 Å². The number of pyridine rings is 1. The first kappa shape index (κ1) is 11.2. The van der Waals surface area contributed by atoms with Crippen LogP contribution in [-0.2, 0) is 0 Å². The van der Waals surface area contributed by atoms with Crippen LogP contribution in [0.1, 0.15) is 0 Å². The number of aromatic nitrogens is 1. The van der Waals surface area contributed by atoms with E-state index in [1.807, 2.05) is 18.2 Å². The summed E-state index contributed by atoms with van der Waals surface area (Å²) in [4.78, 5) is 4.13. The number of nitrogens with zero attached hydrogens (tertiary/aromatic N) is 1. The zero-order valence-electron chi connectivity index (χ0n) is 8.24. The molecule has 1 aromatic heterocycles. The van der Waals surface area contributed by atoms with E-state index in [9.17, 15) is 0 Å². The molecule has 5 heteroatoms. The molecule has 0 bridgehead atoms. The van der Waals surface area contributed by atoms with Crippen LogP contribution in [0.25, 0.3) is 0 Å². The van der Waals surface area contributed by atoms with E-state index in [2.05, 4.69) is 26.2 Å². The van der Waals surface area contributed by atoms with Gasteiger partial charge in [0.1, 0.15) is 5.82 Å². The monoisotopic (exact) mass is 297 g/mol. The molecule has 2 rings (SSSR count). The van der Waals surface area contributed by atoms with Gasteiger partial charge in [-0.2, -0.15) is 0 Å². The summed E-state index contributed by atoms with van der Waals surface area (Å²) in [5.74, 6) is 0.703. The molecule has 0 atom stereocenters. The maximum Gasteiger partial charge on any atom is 0.130 e. The average molecular weight is 299 g/mol. The van der Waals surface area contributed by atoms with Crippen molar-refractivity contribution in [3.63, 3.8) is 0 Å². The Morgan fingerprint density at radius 3 is 2.75 bits per heavy atom. The van der Waals surface area contributed by atoms with Crippen LogP contribution in [0.15, 0.2) is 41.0 Å². The molecule has 0 spiro atoms. The van der Waals surface area contributed by atoms with Crippen molar-refractivity contribution in [1.82, 2.24) is 4.98 Å². The lowest BCUT2D eigenvalue weighted by atomic mass is 10.3. The zero-order valence-corrected chi connectivity index (χ0v) is 10.6. The van der Waals surface area contributed by atoms with Gasteiger partial charge in [-0.05, 0) is 30.3 Å². The van der Waals surface area contributed by atoms with E-state index in [0.29, 0.717) is 16.5 Å². The van der Waals surface area contributed by atoms with Gasteiger partial charge >= 0.3 is 0 Å². The highest BCUT2D eigenvalue weighted by atomic mass is 79.9. The average Bonchev–Trinajstić information content (AvgIpc) is 2.27. The first-order valence-corrected chi connectivity index (χ1v) is 5.76. The normalized spacial score (nSPS) is 10.1. The van der Waals surface area contributed by atoms with Gasteiger partial charge in [-0.25, -0.2) is 4.98 Å². The first-order valence-electron chi connectivity index (χ1n) is 4.59. The van der Waals surface area contributed by atoms with Crippen molar-refractivity contribution in [1.29, 1.82) is 0 Å². The molecular weight excluding hydrogens is 289 g/mol. The second-order valence-electron chi connectivity index (χ2n) is 3.23. The van der Waals surface area contributed by atoms with E-state index in [0.717, 1.165) is 10.2 Å². The summed E-state index contributed by atoms with van der Waals surface area (Å²) >= 11 is 9.42. The molecule has 0 saturated carbocycles. The molecular formula is C11H9BrClN3. The topological polar surface area (TPSA) is 50.9 Å². The minimum atomic E-state index is 0.630. The van der Waals surface area contributed by atoms with E-state index in [1.54, 1.807) is 18.3 Å². The molecule has 3 nitrogen and oxygen atoms in total. The number of nitrogens with one attached hydrogen (secondary N) is 1. The second-order valence-corrected chi connectivity index (χ2v) is 4.55. The Balaban J connectivity index is 2.26. The first-order chi connectivity index (χ1) is 7.65. The highest BCUT2D eigenvalue weighted by molar-refractivity contribution is 9.10. The van der Waals surface area contributed by atoms with E-state index in [-0.39, 0.29) is 0 Å². The minimum Gasteiger partial charge on any atom is -0.397 e. The van der Waals surface area contributed by atoms with Crippen LogP contribution in [0.2, 0.25) is 5.02 Å². The summed E-state index contributed by atoms with van der Waals surface area (Å²) < 4.78 is 0.954. The van der Waals surface area contributed by atoms with Gasteiger partial charge in [-0.3, -0.25) is 0 Å². The molecule has 2 aromatic rings. The third-order valence-corrected chi connectivity index (χ3v) is 2.80. The minimum absolute atomic E-state index is 0.630. The SMILES string of the molecule is Nc1ccc(Nc2cc(Br)ccc2Cl)nc1. The van der Waals surface area contributed by atoms with Crippen LogP contribution < -0.4 is 11.1 Å². The van der Waals surface area contributed by atoms with Crippen molar-refractivity contribution in [2.75, 3.05) is 11.1 Å². The summed E-state index contributed by atoms with van der Waals surface area (Å²) in [6, 6.07) is 9.16. The maximum atomic E-state index is 6.04. The van der Waals surface area contributed by atoms with Gasteiger partial charge in [-0.15, -0.1) is 0 Å². The van der Waals surface area contributed by atoms with Crippen molar-refractivity contribution in [2.24, 2.45) is 0 Å². The molecule has 3 N–H and O–H groups in total. The van der Waals surface area contributed by atoms with Crippen molar-refractivity contribution in [2.45, 2.75) is 0 Å². The van der Waals surface area contributed by atoms with Gasteiger partial charge in [0.2, 0.25) is 0 Å². The summed E-state index contributed by atoms with van der Waals surface area (Å²) in [5, 5.41) is 3.75. The lowest BCUT2D eigenvalue weighted by Crippen LogP contribution is -1.95. The molecule has 0 saturated heterocycles. The van der Waals surface area contributed by atoms with Gasteiger partial charge in [-0.1, -0.05) is 27.5 Å². The third-order valence-electron chi connectivity index (χ3n) is 1.98. The molecule has 1 heterocycles. The van der Waals surface area contributed by atoms with E-state index in [1.165, 1.54) is 0 Å². The fourth-order valence-corrected chi connectivity index (χ4v) is 1.74. The van der Waals surface area contributed by atoms with Crippen LogP contribution in [0.3, 0.4) is 0 Å². The van der Waals surface area contributed by atoms with Crippen LogP contribution in [0.4, 0.5) is 17.2 Å². The number of hydrogen-bond donors (Lipinski definition) is 2. The molecule has 0 fully saturated rings. The van der Waals surface area contributed by atoms with E-state index in [4.69, 9.17) is 17.3 Å². The van der Waals surface area contributed by atoms with Gasteiger partial charge in [0, 0.05) is 4.47 Å². The molecule has 82 valence electrons. The molecule has 0 aliphatic carbocycles. The molecule has 0 radical (unpaired) electrons. The Morgan fingerprint density at radius 1 is 1.25 bits per heavy atom. The largest absolute Gasteiger partial charge is 0.397 e. The highest BCUT2D eigenvalue weighted by Gasteiger charge is 2.02. The Bertz CT molecular complexity index is 499. The predicted octanol–water partition coefficient (Wildman–Crippen LogP) is 3.82. The van der Waals surface area contributed by atoms with Crippen molar-refractivity contribution in [3.8, 4) is 0 Å². The quantitative estimate of drug-likeness (QED) is 0.886. The van der Waals surface area contributed by atoms with Crippen LogP contribution in [0, 0.1) is 0 Å². The summed E-state index contributed by atoms with van der Waals surface area (Å²) in [6.45, 7) is 0. The number of hydrogen-bond acceptors (Lipinski definition) is 3. The van der Waals surface area contributed by atoms with Crippen molar-refractivity contribution >= 4 is 44.7 Å². The number of halogens is 2. The molecule has 16 heavy (non-hydrogen) atoms. The predicted molar refractivity (Wildman–Crippen MR) is 71.1 cm³/mol. The standard InChI is InChI=1S/C11H9BrClN3/c12-7-1-3-9(13)10(5-7)16-11-4-2-8(14)6-15-11/h1-6H,14H2,(H,15,16). The molecule has 1 aromatic carbocycles. The van der Waals surface area contributed by atoms with Crippen molar-refractivity contribution in [3.05, 3.63) is 46.0 Å². The number of nitrogens with two attached hydrogens (primary N) is 1. The summed E-state index contributed by atoms with van der Waals surface area (Å²) in [7, 11) is 0. The molecule has 0 amide bonds. The molecule has 0 aliphatic rings. The third kappa shape index (κ3) is 2.65. The fourth-order valence-electron chi connectivity index (χ4n) is 1.21. The van der Waals surface area contributed by atoms with Crippen LogP contribution >= 0.6 is 27.5 Å². The van der Waals surface area contributed by atoms with E-state index >= 15 is 0 Å². The van der Waals surface area contributed by atoms with Gasteiger partial charge in [0.25, 0.3) is 0 Å². The number of rotatable bonds is 2. The van der Waals surface area contributed by atoms with Gasteiger partial charge in [0.05, 0.1) is 22.6 Å². The highest BCUT2D eigenvalue weighted by Crippen LogP contribution is 2.27. The smallest absolute Gasteiger partial charge is 0.130 e. The summed E-state index contributed by atoms with van der Waals surface area (Å²) in [5.41, 5.74) is 6.98. The molecule has 0 unspecified atom stereocenters. The lowest BCUT2D eigenvalue weighted by Gasteiger charge is -2.08.